The van der Waals surface area contributed by atoms with Gasteiger partial charge in [-0.1, -0.05) is 18.2 Å². The Morgan fingerprint density at radius 3 is 2.27 bits per heavy atom. The van der Waals surface area contributed by atoms with Crippen molar-refractivity contribution in [3.8, 4) is 0 Å². The van der Waals surface area contributed by atoms with Crippen molar-refractivity contribution in [2.75, 3.05) is 19.6 Å². The van der Waals surface area contributed by atoms with Crippen molar-refractivity contribution in [2.24, 2.45) is 0 Å². The van der Waals surface area contributed by atoms with E-state index in [1.807, 2.05) is 26.0 Å². The zero-order valence-electron chi connectivity index (χ0n) is 18.8. The van der Waals surface area contributed by atoms with Gasteiger partial charge in [0.1, 0.15) is 0 Å². The quantitative estimate of drug-likeness (QED) is 0.628. The number of benzene rings is 2. The second-order valence-corrected chi connectivity index (χ2v) is 8.28. The number of aryl methyl sites for hydroxylation is 2. The maximum Gasteiger partial charge on any atom is 0.253 e. The van der Waals surface area contributed by atoms with Crippen LogP contribution in [0.1, 0.15) is 44.9 Å². The Balaban J connectivity index is 1.27. The highest BCUT2D eigenvalue weighted by atomic mass is 16.2. The average Bonchev–Trinajstić information content (AvgIpc) is 2.83. The van der Waals surface area contributed by atoms with Gasteiger partial charge in [-0.3, -0.25) is 14.4 Å². The number of carbonyl (C=O) groups excluding carboxylic acids is 3. The molecule has 2 heterocycles. The van der Waals surface area contributed by atoms with Gasteiger partial charge in [-0.15, -0.1) is 0 Å². The van der Waals surface area contributed by atoms with Crippen molar-refractivity contribution < 1.29 is 14.4 Å². The van der Waals surface area contributed by atoms with Crippen molar-refractivity contribution >= 4 is 28.8 Å². The van der Waals surface area contributed by atoms with Gasteiger partial charge < -0.3 is 15.5 Å². The second kappa shape index (κ2) is 9.77. The van der Waals surface area contributed by atoms with Crippen LogP contribution in [-0.2, 0) is 4.79 Å². The Morgan fingerprint density at radius 2 is 1.58 bits per heavy atom. The van der Waals surface area contributed by atoms with E-state index in [2.05, 4.69) is 20.6 Å². The lowest BCUT2D eigenvalue weighted by atomic mass is 10.0. The van der Waals surface area contributed by atoms with Crippen molar-refractivity contribution in [2.45, 2.75) is 32.7 Å². The standard InChI is InChI=1S/C25H27N5O3/c1-16-17(2)28-22-14-19(8-9-21(22)27-16)25(33)30-12-10-20(11-13-30)29-23(31)15-26-24(32)18-6-4-3-5-7-18/h3-9,14,20H,10-13,15H2,1-2H3,(H,26,32)(H,29,31). The molecule has 0 bridgehead atoms. The molecule has 170 valence electrons. The fourth-order valence-corrected chi connectivity index (χ4v) is 3.90. The molecule has 1 saturated heterocycles. The molecule has 3 amide bonds. The van der Waals surface area contributed by atoms with E-state index >= 15 is 0 Å². The average molecular weight is 446 g/mol. The van der Waals surface area contributed by atoms with Crippen LogP contribution in [0.3, 0.4) is 0 Å². The first kappa shape index (κ1) is 22.4. The first-order valence-electron chi connectivity index (χ1n) is 11.1. The molecule has 0 aliphatic carbocycles. The lowest BCUT2D eigenvalue weighted by Gasteiger charge is -2.32. The summed E-state index contributed by atoms with van der Waals surface area (Å²) in [4.78, 5) is 48.1. The molecule has 2 aromatic carbocycles. The molecule has 0 unspecified atom stereocenters. The second-order valence-electron chi connectivity index (χ2n) is 8.28. The summed E-state index contributed by atoms with van der Waals surface area (Å²) in [6.07, 6.45) is 1.33. The minimum atomic E-state index is -0.281. The predicted octanol–water partition coefficient (Wildman–Crippen LogP) is 2.40. The van der Waals surface area contributed by atoms with Crippen LogP contribution in [0, 0.1) is 13.8 Å². The summed E-state index contributed by atoms with van der Waals surface area (Å²) < 4.78 is 0. The third-order valence-electron chi connectivity index (χ3n) is 5.92. The molecular weight excluding hydrogens is 418 g/mol. The summed E-state index contributed by atoms with van der Waals surface area (Å²) in [7, 11) is 0. The molecule has 1 aliphatic rings. The van der Waals surface area contributed by atoms with E-state index in [4.69, 9.17) is 0 Å². The van der Waals surface area contributed by atoms with Gasteiger partial charge in [0.05, 0.1) is 29.0 Å². The largest absolute Gasteiger partial charge is 0.352 e. The van der Waals surface area contributed by atoms with Crippen LogP contribution >= 0.6 is 0 Å². The van der Waals surface area contributed by atoms with E-state index in [9.17, 15) is 14.4 Å². The van der Waals surface area contributed by atoms with Gasteiger partial charge in [0, 0.05) is 30.3 Å². The molecule has 4 rings (SSSR count). The number of hydrogen-bond donors (Lipinski definition) is 2. The summed E-state index contributed by atoms with van der Waals surface area (Å²) in [5, 5.41) is 5.58. The van der Waals surface area contributed by atoms with Crippen molar-refractivity contribution in [1.82, 2.24) is 25.5 Å². The highest BCUT2D eigenvalue weighted by molar-refractivity contribution is 5.97. The van der Waals surface area contributed by atoms with Crippen LogP contribution in [0.15, 0.2) is 48.5 Å². The number of amides is 3. The van der Waals surface area contributed by atoms with Crippen molar-refractivity contribution in [3.63, 3.8) is 0 Å². The Morgan fingerprint density at radius 1 is 0.909 bits per heavy atom. The number of nitrogens with zero attached hydrogens (tertiary/aromatic N) is 3. The maximum atomic E-state index is 13.0. The molecule has 2 N–H and O–H groups in total. The molecule has 1 aliphatic heterocycles. The minimum absolute atomic E-state index is 0.0247. The third-order valence-corrected chi connectivity index (χ3v) is 5.92. The third kappa shape index (κ3) is 5.34. The molecular formula is C25H27N5O3. The van der Waals surface area contributed by atoms with Gasteiger partial charge in [0.25, 0.3) is 11.8 Å². The maximum absolute atomic E-state index is 13.0. The number of aromatic nitrogens is 2. The van der Waals surface area contributed by atoms with Crippen LogP contribution in [0.25, 0.3) is 11.0 Å². The molecule has 0 radical (unpaired) electrons. The van der Waals surface area contributed by atoms with Crippen LogP contribution in [0.2, 0.25) is 0 Å². The van der Waals surface area contributed by atoms with Gasteiger partial charge >= 0.3 is 0 Å². The molecule has 0 atom stereocenters. The van der Waals surface area contributed by atoms with E-state index in [0.29, 0.717) is 42.6 Å². The fraction of sp³-hybridized carbons (Fsp3) is 0.320. The Hall–Kier alpha value is -3.81. The van der Waals surface area contributed by atoms with E-state index in [1.54, 1.807) is 41.3 Å². The van der Waals surface area contributed by atoms with Crippen LogP contribution in [0.5, 0.6) is 0 Å². The van der Waals surface area contributed by atoms with E-state index in [0.717, 1.165) is 16.9 Å². The fourth-order valence-electron chi connectivity index (χ4n) is 3.90. The van der Waals surface area contributed by atoms with Gasteiger partial charge in [-0.05, 0) is 57.0 Å². The monoisotopic (exact) mass is 445 g/mol. The summed E-state index contributed by atoms with van der Waals surface area (Å²) in [5.74, 6) is -0.559. The van der Waals surface area contributed by atoms with Crippen LogP contribution in [-0.4, -0.2) is 58.3 Å². The van der Waals surface area contributed by atoms with Gasteiger partial charge in [0.2, 0.25) is 5.91 Å². The lowest BCUT2D eigenvalue weighted by Crippen LogP contribution is -2.48. The van der Waals surface area contributed by atoms with E-state index in [-0.39, 0.29) is 30.3 Å². The van der Waals surface area contributed by atoms with Crippen molar-refractivity contribution in [1.29, 1.82) is 0 Å². The SMILES string of the molecule is Cc1nc2ccc(C(=O)N3CCC(NC(=O)CNC(=O)c4ccccc4)CC3)cc2nc1C. The smallest absolute Gasteiger partial charge is 0.253 e. The molecule has 8 nitrogen and oxygen atoms in total. The molecule has 0 spiro atoms. The predicted molar refractivity (Wildman–Crippen MR) is 125 cm³/mol. The first-order chi connectivity index (χ1) is 15.9. The van der Waals surface area contributed by atoms with Gasteiger partial charge in [0.15, 0.2) is 0 Å². The normalized spacial score (nSPS) is 14.2. The summed E-state index contributed by atoms with van der Waals surface area (Å²) in [6, 6.07) is 14.2. The minimum Gasteiger partial charge on any atom is -0.352 e. The number of hydrogen-bond acceptors (Lipinski definition) is 5. The molecule has 1 fully saturated rings. The van der Waals surface area contributed by atoms with E-state index in [1.165, 1.54) is 0 Å². The number of likely N-dealkylation sites (tertiary alicyclic amines) is 1. The number of rotatable bonds is 5. The van der Waals surface area contributed by atoms with Gasteiger partial charge in [-0.25, -0.2) is 9.97 Å². The summed E-state index contributed by atoms with van der Waals surface area (Å²) in [6.45, 7) is 4.85. The Kier molecular flexibility index (Phi) is 6.63. The summed E-state index contributed by atoms with van der Waals surface area (Å²) in [5.41, 5.74) is 4.32. The number of piperidine rings is 1. The topological polar surface area (TPSA) is 104 Å². The zero-order valence-corrected chi connectivity index (χ0v) is 18.8. The van der Waals surface area contributed by atoms with Gasteiger partial charge in [-0.2, -0.15) is 0 Å². The first-order valence-corrected chi connectivity index (χ1v) is 11.1. The Bertz CT molecular complexity index is 1190. The number of fused-ring (bicyclic) bond motifs is 1. The molecule has 8 heteroatoms. The molecule has 33 heavy (non-hydrogen) atoms. The summed E-state index contributed by atoms with van der Waals surface area (Å²) >= 11 is 0. The highest BCUT2D eigenvalue weighted by Gasteiger charge is 2.25. The zero-order chi connectivity index (χ0) is 23.4. The highest BCUT2D eigenvalue weighted by Crippen LogP contribution is 2.18. The number of carbonyl (C=O) groups is 3. The molecule has 3 aromatic rings. The Labute approximate surface area is 192 Å². The van der Waals surface area contributed by atoms with Crippen LogP contribution < -0.4 is 10.6 Å². The van der Waals surface area contributed by atoms with Crippen molar-refractivity contribution in [3.05, 3.63) is 71.0 Å². The van der Waals surface area contributed by atoms with E-state index < -0.39 is 0 Å². The molecule has 0 saturated carbocycles. The number of nitrogens with one attached hydrogen (secondary N) is 2. The lowest BCUT2D eigenvalue weighted by molar-refractivity contribution is -0.121. The molecule has 1 aromatic heterocycles. The van der Waals surface area contributed by atoms with Crippen LogP contribution in [0.4, 0.5) is 0 Å².